The average molecular weight is 289 g/mol. The number of hydrogen-bond acceptors (Lipinski definition) is 3. The van der Waals surface area contributed by atoms with Crippen LogP contribution in [0.4, 0.5) is 0 Å². The Morgan fingerprint density at radius 2 is 2.00 bits per heavy atom. The lowest BCUT2D eigenvalue weighted by Crippen LogP contribution is -2.23. The van der Waals surface area contributed by atoms with Crippen molar-refractivity contribution >= 4 is 26.0 Å². The van der Waals surface area contributed by atoms with Crippen LogP contribution in [0, 0.1) is 11.3 Å². The van der Waals surface area contributed by atoms with Crippen molar-refractivity contribution in [3.63, 3.8) is 0 Å². The first-order chi connectivity index (χ1) is 6.91. The molecule has 0 bridgehead atoms. The fourth-order valence-electron chi connectivity index (χ4n) is 1.02. The molecule has 0 heterocycles. The highest BCUT2D eigenvalue weighted by Gasteiger charge is 2.22. The maximum Gasteiger partial charge on any atom is 0.243 e. The lowest BCUT2D eigenvalue weighted by molar-refractivity contribution is 0.520. The van der Waals surface area contributed by atoms with E-state index in [1.54, 1.807) is 12.1 Å². The van der Waals surface area contributed by atoms with Crippen LogP contribution in [0.1, 0.15) is 5.56 Å². The zero-order valence-corrected chi connectivity index (χ0v) is 10.6. The summed E-state index contributed by atoms with van der Waals surface area (Å²) in [6.07, 6.45) is 0. The SMILES string of the molecule is CN(C)S(=O)(=O)c1cccc(Br)c1C#N. The summed E-state index contributed by atoms with van der Waals surface area (Å²) < 4.78 is 25.2. The van der Waals surface area contributed by atoms with Gasteiger partial charge in [0.1, 0.15) is 11.0 Å². The Balaban J connectivity index is 3.54. The summed E-state index contributed by atoms with van der Waals surface area (Å²) in [6.45, 7) is 0. The van der Waals surface area contributed by atoms with Crippen molar-refractivity contribution in [2.75, 3.05) is 14.1 Å². The molecule has 1 aromatic rings. The van der Waals surface area contributed by atoms with Gasteiger partial charge < -0.3 is 0 Å². The molecule has 0 spiro atoms. The van der Waals surface area contributed by atoms with E-state index < -0.39 is 10.0 Å². The zero-order valence-electron chi connectivity index (χ0n) is 8.23. The van der Waals surface area contributed by atoms with E-state index in [1.165, 1.54) is 20.2 Å². The van der Waals surface area contributed by atoms with E-state index >= 15 is 0 Å². The molecule has 1 rings (SSSR count). The maximum atomic E-state index is 11.8. The summed E-state index contributed by atoms with van der Waals surface area (Å²) in [5, 5.41) is 8.88. The molecular weight excluding hydrogens is 280 g/mol. The van der Waals surface area contributed by atoms with E-state index in [4.69, 9.17) is 5.26 Å². The van der Waals surface area contributed by atoms with Crippen LogP contribution < -0.4 is 0 Å². The van der Waals surface area contributed by atoms with Crippen molar-refractivity contribution in [3.05, 3.63) is 28.2 Å². The van der Waals surface area contributed by atoms with Crippen molar-refractivity contribution in [2.24, 2.45) is 0 Å². The molecule has 6 heteroatoms. The summed E-state index contributed by atoms with van der Waals surface area (Å²) in [5.41, 5.74) is 0.131. The van der Waals surface area contributed by atoms with Gasteiger partial charge in [0.05, 0.1) is 5.56 Å². The molecule has 0 aliphatic rings. The smallest absolute Gasteiger partial charge is 0.207 e. The Bertz CT molecular complexity index is 517. The minimum Gasteiger partial charge on any atom is -0.207 e. The second-order valence-electron chi connectivity index (χ2n) is 3.01. The maximum absolute atomic E-state index is 11.8. The first-order valence-electron chi connectivity index (χ1n) is 4.02. The van der Waals surface area contributed by atoms with Gasteiger partial charge in [0.2, 0.25) is 10.0 Å². The number of nitriles is 1. The van der Waals surface area contributed by atoms with E-state index in [2.05, 4.69) is 15.9 Å². The molecule has 0 saturated heterocycles. The minimum atomic E-state index is -3.56. The molecule has 0 N–H and O–H groups in total. The first-order valence-corrected chi connectivity index (χ1v) is 6.25. The lowest BCUT2D eigenvalue weighted by Gasteiger charge is -2.12. The number of nitrogens with zero attached hydrogens (tertiary/aromatic N) is 2. The topological polar surface area (TPSA) is 61.2 Å². The summed E-state index contributed by atoms with van der Waals surface area (Å²) >= 11 is 3.14. The molecule has 80 valence electrons. The largest absolute Gasteiger partial charge is 0.243 e. The third-order valence-electron chi connectivity index (χ3n) is 1.85. The van der Waals surface area contributed by atoms with Crippen LogP contribution in [0.2, 0.25) is 0 Å². The quantitative estimate of drug-likeness (QED) is 0.830. The van der Waals surface area contributed by atoms with E-state index in [1.807, 2.05) is 6.07 Å². The van der Waals surface area contributed by atoms with Gasteiger partial charge in [0.25, 0.3) is 0 Å². The Morgan fingerprint density at radius 1 is 1.40 bits per heavy atom. The van der Waals surface area contributed by atoms with Gasteiger partial charge in [-0.3, -0.25) is 0 Å². The van der Waals surface area contributed by atoms with Crippen LogP contribution in [0.3, 0.4) is 0 Å². The second-order valence-corrected chi connectivity index (χ2v) is 5.99. The standard InChI is InChI=1S/C9H9BrN2O2S/c1-12(2)15(13,14)9-5-3-4-8(10)7(9)6-11/h3-5H,1-2H3. The van der Waals surface area contributed by atoms with Crippen molar-refractivity contribution in [2.45, 2.75) is 4.90 Å². The van der Waals surface area contributed by atoms with Gasteiger partial charge in [-0.1, -0.05) is 6.07 Å². The van der Waals surface area contributed by atoms with E-state index in [9.17, 15) is 8.42 Å². The van der Waals surface area contributed by atoms with Gasteiger partial charge in [0.15, 0.2) is 0 Å². The Kier molecular flexibility index (Phi) is 3.50. The summed E-state index contributed by atoms with van der Waals surface area (Å²) in [7, 11) is -0.705. The fraction of sp³-hybridized carbons (Fsp3) is 0.222. The van der Waals surface area contributed by atoms with Crippen LogP contribution >= 0.6 is 15.9 Å². The van der Waals surface area contributed by atoms with Gasteiger partial charge in [-0.25, -0.2) is 12.7 Å². The highest BCUT2D eigenvalue weighted by molar-refractivity contribution is 9.10. The molecule has 0 amide bonds. The molecule has 0 aliphatic heterocycles. The molecular formula is C9H9BrN2O2S. The van der Waals surface area contributed by atoms with Crippen molar-refractivity contribution < 1.29 is 8.42 Å². The van der Waals surface area contributed by atoms with Crippen molar-refractivity contribution in [1.29, 1.82) is 5.26 Å². The molecule has 0 saturated carbocycles. The molecule has 0 fully saturated rings. The monoisotopic (exact) mass is 288 g/mol. The number of hydrogen-bond donors (Lipinski definition) is 0. The van der Waals surface area contributed by atoms with Crippen LogP contribution in [-0.4, -0.2) is 26.8 Å². The summed E-state index contributed by atoms with van der Waals surface area (Å²) in [6, 6.07) is 6.50. The van der Waals surface area contributed by atoms with Crippen LogP contribution in [0.25, 0.3) is 0 Å². The van der Waals surface area contributed by atoms with E-state index in [0.29, 0.717) is 4.47 Å². The number of sulfonamides is 1. The average Bonchev–Trinajstić information content (AvgIpc) is 2.17. The number of halogens is 1. The van der Waals surface area contributed by atoms with Gasteiger partial charge in [-0.2, -0.15) is 5.26 Å². The molecule has 15 heavy (non-hydrogen) atoms. The lowest BCUT2D eigenvalue weighted by atomic mass is 10.2. The highest BCUT2D eigenvalue weighted by atomic mass is 79.9. The molecule has 0 atom stereocenters. The third kappa shape index (κ3) is 2.20. The molecule has 0 unspecified atom stereocenters. The van der Waals surface area contributed by atoms with E-state index in [-0.39, 0.29) is 10.5 Å². The van der Waals surface area contributed by atoms with Crippen LogP contribution in [0.15, 0.2) is 27.6 Å². The van der Waals surface area contributed by atoms with Crippen molar-refractivity contribution in [3.8, 4) is 6.07 Å². The number of benzene rings is 1. The predicted molar refractivity (Wildman–Crippen MR) is 59.7 cm³/mol. The first kappa shape index (κ1) is 12.2. The number of rotatable bonds is 2. The molecule has 0 aliphatic carbocycles. The summed E-state index contributed by atoms with van der Waals surface area (Å²) in [4.78, 5) is 0.0179. The van der Waals surface area contributed by atoms with Gasteiger partial charge >= 0.3 is 0 Å². The van der Waals surface area contributed by atoms with Crippen LogP contribution in [-0.2, 0) is 10.0 Å². The van der Waals surface area contributed by atoms with Gasteiger partial charge in [0, 0.05) is 18.6 Å². The second kappa shape index (κ2) is 4.31. The molecule has 0 aromatic heterocycles. The van der Waals surface area contributed by atoms with Crippen LogP contribution in [0.5, 0.6) is 0 Å². The Morgan fingerprint density at radius 3 is 2.47 bits per heavy atom. The molecule has 4 nitrogen and oxygen atoms in total. The zero-order chi connectivity index (χ0) is 11.6. The van der Waals surface area contributed by atoms with Gasteiger partial charge in [-0.05, 0) is 28.1 Å². The normalized spacial score (nSPS) is 11.4. The van der Waals surface area contributed by atoms with Gasteiger partial charge in [-0.15, -0.1) is 0 Å². The Hall–Kier alpha value is -0.900. The minimum absolute atomic E-state index is 0.0179. The van der Waals surface area contributed by atoms with E-state index in [0.717, 1.165) is 4.31 Å². The Labute approximate surface area is 97.3 Å². The third-order valence-corrected chi connectivity index (χ3v) is 4.36. The highest BCUT2D eigenvalue weighted by Crippen LogP contribution is 2.24. The van der Waals surface area contributed by atoms with Crippen molar-refractivity contribution in [1.82, 2.24) is 4.31 Å². The fourth-order valence-corrected chi connectivity index (χ4v) is 2.67. The molecule has 0 radical (unpaired) electrons. The predicted octanol–water partition coefficient (Wildman–Crippen LogP) is 1.57. The molecule has 1 aromatic carbocycles. The summed E-state index contributed by atoms with van der Waals surface area (Å²) in [5.74, 6) is 0.